The van der Waals surface area contributed by atoms with Crippen molar-refractivity contribution in [3.63, 3.8) is 0 Å². The van der Waals surface area contributed by atoms with Gasteiger partial charge >= 0.3 is 5.97 Å². The summed E-state index contributed by atoms with van der Waals surface area (Å²) in [5, 5.41) is 9.17. The average molecular weight is 302 g/mol. The number of aliphatic carboxylic acids is 1. The van der Waals surface area contributed by atoms with Gasteiger partial charge in [0.25, 0.3) is 10.2 Å². The smallest absolute Gasteiger partial charge is 0.322 e. The van der Waals surface area contributed by atoms with E-state index in [1.807, 2.05) is 0 Å². The van der Waals surface area contributed by atoms with Crippen LogP contribution in [0.5, 0.6) is 0 Å². The molecule has 1 atom stereocenters. The first-order chi connectivity index (χ1) is 9.43. The molecule has 0 bridgehead atoms. The maximum atomic E-state index is 12.5. The zero-order chi connectivity index (χ0) is 14.8. The molecule has 1 fully saturated rings. The molecule has 9 heteroatoms. The molecule has 2 N–H and O–H groups in total. The van der Waals surface area contributed by atoms with Crippen LogP contribution in [-0.2, 0) is 21.5 Å². The standard InChI is InChI=1S/C11H18N4O4S/c1-14(8-10-12-5-6-13-10)20(18,19)15-7-3-2-4-9(15)11(16)17/h5-6,9H,2-4,7-8H2,1H3,(H,12,13)(H,16,17). The normalized spacial score (nSPS) is 21.2. The third kappa shape index (κ3) is 3.00. The fourth-order valence-corrected chi connectivity index (χ4v) is 3.80. The van der Waals surface area contributed by atoms with E-state index in [2.05, 4.69) is 9.97 Å². The number of aromatic amines is 1. The van der Waals surface area contributed by atoms with Gasteiger partial charge in [-0.25, -0.2) is 4.98 Å². The molecule has 2 heterocycles. The van der Waals surface area contributed by atoms with Crippen molar-refractivity contribution in [2.24, 2.45) is 0 Å². The van der Waals surface area contributed by atoms with Crippen LogP contribution in [0.15, 0.2) is 12.4 Å². The molecule has 1 aromatic heterocycles. The number of hydrogen-bond donors (Lipinski definition) is 2. The Labute approximate surface area is 117 Å². The lowest BCUT2D eigenvalue weighted by Gasteiger charge is -2.34. The number of rotatable bonds is 5. The zero-order valence-corrected chi connectivity index (χ0v) is 12.0. The maximum absolute atomic E-state index is 12.5. The van der Waals surface area contributed by atoms with Crippen molar-refractivity contribution in [1.82, 2.24) is 18.6 Å². The summed E-state index contributed by atoms with van der Waals surface area (Å²) >= 11 is 0. The fraction of sp³-hybridized carbons (Fsp3) is 0.636. The van der Waals surface area contributed by atoms with Crippen molar-refractivity contribution in [2.45, 2.75) is 31.8 Å². The number of carboxylic acid groups (broad SMARTS) is 1. The minimum atomic E-state index is -3.81. The first-order valence-corrected chi connectivity index (χ1v) is 7.77. The van der Waals surface area contributed by atoms with E-state index in [1.54, 1.807) is 6.20 Å². The fourth-order valence-electron chi connectivity index (χ4n) is 2.28. The van der Waals surface area contributed by atoms with E-state index in [-0.39, 0.29) is 13.1 Å². The summed E-state index contributed by atoms with van der Waals surface area (Å²) in [4.78, 5) is 18.0. The third-order valence-electron chi connectivity index (χ3n) is 3.36. The molecular formula is C11H18N4O4S. The van der Waals surface area contributed by atoms with Crippen molar-refractivity contribution in [3.05, 3.63) is 18.2 Å². The molecule has 1 unspecified atom stereocenters. The first kappa shape index (κ1) is 14.9. The molecule has 0 aromatic carbocycles. The van der Waals surface area contributed by atoms with Gasteiger partial charge in [0, 0.05) is 26.0 Å². The van der Waals surface area contributed by atoms with Crippen molar-refractivity contribution in [3.8, 4) is 0 Å². The Bertz CT molecular complexity index is 557. The number of carbonyl (C=O) groups is 1. The van der Waals surface area contributed by atoms with Crippen LogP contribution in [0.2, 0.25) is 0 Å². The molecule has 0 radical (unpaired) electrons. The number of aromatic nitrogens is 2. The molecule has 1 aliphatic rings. The molecule has 1 aromatic rings. The van der Waals surface area contributed by atoms with E-state index in [1.165, 1.54) is 13.2 Å². The topological polar surface area (TPSA) is 107 Å². The molecule has 1 saturated heterocycles. The molecule has 20 heavy (non-hydrogen) atoms. The predicted molar refractivity (Wildman–Crippen MR) is 71.0 cm³/mol. The van der Waals surface area contributed by atoms with Crippen LogP contribution in [0.25, 0.3) is 0 Å². The highest BCUT2D eigenvalue weighted by Crippen LogP contribution is 2.22. The molecule has 112 valence electrons. The predicted octanol–water partition coefficient (Wildman–Crippen LogP) is 0.0254. The monoisotopic (exact) mass is 302 g/mol. The molecular weight excluding hydrogens is 284 g/mol. The van der Waals surface area contributed by atoms with Gasteiger partial charge in [-0.1, -0.05) is 0 Å². The Morgan fingerprint density at radius 1 is 1.60 bits per heavy atom. The highest BCUT2D eigenvalue weighted by molar-refractivity contribution is 7.86. The summed E-state index contributed by atoms with van der Waals surface area (Å²) in [6.07, 6.45) is 4.90. The number of imidazole rings is 1. The van der Waals surface area contributed by atoms with E-state index >= 15 is 0 Å². The Morgan fingerprint density at radius 2 is 2.35 bits per heavy atom. The van der Waals surface area contributed by atoms with Gasteiger partial charge in [0.05, 0.1) is 6.54 Å². The lowest BCUT2D eigenvalue weighted by molar-refractivity contribution is -0.142. The molecule has 0 aliphatic carbocycles. The van der Waals surface area contributed by atoms with E-state index in [0.29, 0.717) is 18.7 Å². The van der Waals surface area contributed by atoms with E-state index < -0.39 is 22.2 Å². The number of carboxylic acids is 1. The van der Waals surface area contributed by atoms with Crippen LogP contribution in [0.1, 0.15) is 25.1 Å². The lowest BCUT2D eigenvalue weighted by atomic mass is 10.1. The highest BCUT2D eigenvalue weighted by atomic mass is 32.2. The van der Waals surface area contributed by atoms with Crippen LogP contribution in [0, 0.1) is 0 Å². The Balaban J connectivity index is 2.17. The largest absolute Gasteiger partial charge is 0.480 e. The van der Waals surface area contributed by atoms with Gasteiger partial charge < -0.3 is 10.1 Å². The van der Waals surface area contributed by atoms with Gasteiger partial charge in [-0.3, -0.25) is 4.79 Å². The number of H-pyrrole nitrogens is 1. The number of hydrogen-bond acceptors (Lipinski definition) is 4. The SMILES string of the molecule is CN(Cc1ncc[nH]1)S(=O)(=O)N1CCCCC1C(=O)O. The number of piperidine rings is 1. The summed E-state index contributed by atoms with van der Waals surface area (Å²) < 4.78 is 27.1. The summed E-state index contributed by atoms with van der Waals surface area (Å²) in [6, 6.07) is -0.979. The van der Waals surface area contributed by atoms with Crippen molar-refractivity contribution < 1.29 is 18.3 Å². The zero-order valence-electron chi connectivity index (χ0n) is 11.2. The molecule has 0 saturated carbocycles. The third-order valence-corrected chi connectivity index (χ3v) is 5.30. The second-order valence-electron chi connectivity index (χ2n) is 4.76. The van der Waals surface area contributed by atoms with Gasteiger partial charge in [-0.05, 0) is 19.3 Å². The molecule has 2 rings (SSSR count). The van der Waals surface area contributed by atoms with Crippen LogP contribution < -0.4 is 0 Å². The number of nitrogens with one attached hydrogen (secondary N) is 1. The molecule has 0 amide bonds. The van der Waals surface area contributed by atoms with Gasteiger partial charge in [0.2, 0.25) is 0 Å². The highest BCUT2D eigenvalue weighted by Gasteiger charge is 2.38. The van der Waals surface area contributed by atoms with Gasteiger partial charge in [0.1, 0.15) is 11.9 Å². The maximum Gasteiger partial charge on any atom is 0.322 e. The number of nitrogens with zero attached hydrogens (tertiary/aromatic N) is 3. The van der Waals surface area contributed by atoms with Crippen LogP contribution in [-0.4, -0.2) is 57.7 Å². The van der Waals surface area contributed by atoms with Crippen LogP contribution >= 0.6 is 0 Å². The first-order valence-electron chi connectivity index (χ1n) is 6.37. The van der Waals surface area contributed by atoms with Crippen LogP contribution in [0.3, 0.4) is 0 Å². The summed E-state index contributed by atoms with van der Waals surface area (Å²) in [7, 11) is -2.38. The minimum Gasteiger partial charge on any atom is -0.480 e. The average Bonchev–Trinajstić information content (AvgIpc) is 2.91. The van der Waals surface area contributed by atoms with Crippen molar-refractivity contribution >= 4 is 16.2 Å². The molecule has 8 nitrogen and oxygen atoms in total. The second kappa shape index (κ2) is 5.90. The van der Waals surface area contributed by atoms with Gasteiger partial charge in [-0.15, -0.1) is 0 Å². The Kier molecular flexibility index (Phi) is 4.41. The lowest BCUT2D eigenvalue weighted by Crippen LogP contribution is -2.52. The minimum absolute atomic E-state index is 0.0815. The van der Waals surface area contributed by atoms with Gasteiger partial charge in [0.15, 0.2) is 0 Å². The van der Waals surface area contributed by atoms with Crippen LogP contribution in [0.4, 0.5) is 0 Å². The van der Waals surface area contributed by atoms with E-state index in [9.17, 15) is 13.2 Å². The van der Waals surface area contributed by atoms with E-state index in [0.717, 1.165) is 15.0 Å². The molecule has 1 aliphatic heterocycles. The second-order valence-corrected chi connectivity index (χ2v) is 6.75. The van der Waals surface area contributed by atoms with Gasteiger partial charge in [-0.2, -0.15) is 17.0 Å². The summed E-state index contributed by atoms with van der Waals surface area (Å²) in [5.41, 5.74) is 0. The van der Waals surface area contributed by atoms with E-state index in [4.69, 9.17) is 5.11 Å². The van der Waals surface area contributed by atoms with Crippen molar-refractivity contribution in [2.75, 3.05) is 13.6 Å². The quantitative estimate of drug-likeness (QED) is 0.798. The summed E-state index contributed by atoms with van der Waals surface area (Å²) in [6.45, 7) is 0.319. The Hall–Kier alpha value is -1.45. The molecule has 0 spiro atoms. The summed E-state index contributed by atoms with van der Waals surface area (Å²) in [5.74, 6) is -0.584. The Morgan fingerprint density at radius 3 is 2.95 bits per heavy atom. The van der Waals surface area contributed by atoms with Crippen molar-refractivity contribution in [1.29, 1.82) is 0 Å².